The summed E-state index contributed by atoms with van der Waals surface area (Å²) in [6, 6.07) is 13.7. The number of aryl methyl sites for hydroxylation is 1. The average Bonchev–Trinajstić information content (AvgIpc) is 3.07. The molecule has 4 aromatic rings. The van der Waals surface area contributed by atoms with Crippen LogP contribution < -0.4 is 10.9 Å². The fourth-order valence-electron chi connectivity index (χ4n) is 3.12. The van der Waals surface area contributed by atoms with Crippen molar-refractivity contribution in [3.8, 4) is 5.69 Å². The maximum absolute atomic E-state index is 13.9. The monoisotopic (exact) mass is 397 g/mol. The van der Waals surface area contributed by atoms with Crippen molar-refractivity contribution >= 4 is 28.3 Å². The maximum Gasteiger partial charge on any atom is 0.287 e. The first-order valence-electron chi connectivity index (χ1n) is 8.67. The summed E-state index contributed by atoms with van der Waals surface area (Å²) in [5.74, 6) is 0.319. The first-order chi connectivity index (χ1) is 13.5. The summed E-state index contributed by atoms with van der Waals surface area (Å²) in [6.07, 6.45) is 1.50. The zero-order valence-corrected chi connectivity index (χ0v) is 16.0. The quantitative estimate of drug-likeness (QED) is 0.563. The van der Waals surface area contributed by atoms with Crippen LogP contribution in [0.25, 0.3) is 16.7 Å². The molecule has 0 aliphatic carbocycles. The Kier molecular flexibility index (Phi) is 4.60. The van der Waals surface area contributed by atoms with Gasteiger partial charge in [-0.2, -0.15) is 5.10 Å². The number of imidazole rings is 1. The summed E-state index contributed by atoms with van der Waals surface area (Å²) in [4.78, 5) is 16.7. The number of fused-ring (bicyclic) bond motifs is 1. The maximum atomic E-state index is 13.9. The van der Waals surface area contributed by atoms with Crippen molar-refractivity contribution in [3.05, 3.63) is 81.7 Å². The molecule has 0 aliphatic rings. The Morgan fingerprint density at radius 3 is 2.68 bits per heavy atom. The van der Waals surface area contributed by atoms with Crippen LogP contribution >= 0.6 is 11.6 Å². The van der Waals surface area contributed by atoms with Crippen LogP contribution in [0, 0.1) is 5.82 Å². The van der Waals surface area contributed by atoms with Crippen LogP contribution in [0.4, 0.5) is 10.1 Å². The molecule has 0 spiro atoms. The van der Waals surface area contributed by atoms with Gasteiger partial charge in [0.25, 0.3) is 5.56 Å². The smallest absolute Gasteiger partial charge is 0.287 e. The minimum absolute atomic E-state index is 0.0535. The van der Waals surface area contributed by atoms with Gasteiger partial charge in [-0.25, -0.2) is 14.1 Å². The highest BCUT2D eigenvalue weighted by molar-refractivity contribution is 6.32. The Balaban J connectivity index is 1.84. The van der Waals surface area contributed by atoms with E-state index in [4.69, 9.17) is 11.6 Å². The molecule has 0 aliphatic heterocycles. The number of hydrogen-bond donors (Lipinski definition) is 1. The second kappa shape index (κ2) is 7.09. The molecule has 2 aromatic carbocycles. The number of halogens is 2. The van der Waals surface area contributed by atoms with Crippen LogP contribution in [0.15, 0.2) is 59.5 Å². The van der Waals surface area contributed by atoms with Gasteiger partial charge in [0.15, 0.2) is 0 Å². The van der Waals surface area contributed by atoms with E-state index in [2.05, 4.69) is 15.4 Å². The lowest BCUT2D eigenvalue weighted by Gasteiger charge is -2.18. The highest BCUT2D eigenvalue weighted by atomic mass is 35.5. The van der Waals surface area contributed by atoms with Crippen LogP contribution in [0.1, 0.15) is 18.8 Å². The van der Waals surface area contributed by atoms with Crippen molar-refractivity contribution in [2.45, 2.75) is 13.0 Å². The lowest BCUT2D eigenvalue weighted by atomic mass is 10.2. The Morgan fingerprint density at radius 2 is 1.93 bits per heavy atom. The predicted molar refractivity (Wildman–Crippen MR) is 108 cm³/mol. The SMILES string of the molecule is CC(Nc1cnn(C)c(=O)c1Cl)c1nc2ccc(F)cc2n1-c1ccccc1. The van der Waals surface area contributed by atoms with Crippen LogP contribution in [-0.2, 0) is 7.05 Å². The number of rotatable bonds is 4. The number of para-hydroxylation sites is 1. The molecule has 0 bridgehead atoms. The number of hydrogen-bond acceptors (Lipinski definition) is 4. The number of nitrogens with zero attached hydrogens (tertiary/aromatic N) is 4. The van der Waals surface area contributed by atoms with Crippen LogP contribution in [0.2, 0.25) is 5.02 Å². The standard InChI is InChI=1S/C20H17ClFN5O/c1-12(24-16-11-23-26(2)20(28)18(16)21)19-25-15-9-8-13(22)10-17(15)27(19)14-6-4-3-5-7-14/h3-12,24H,1-2H3. The van der Waals surface area contributed by atoms with Crippen molar-refractivity contribution in [1.29, 1.82) is 0 Å². The molecule has 1 N–H and O–H groups in total. The van der Waals surface area contributed by atoms with Crippen molar-refractivity contribution in [3.63, 3.8) is 0 Å². The molecule has 2 aromatic heterocycles. The van der Waals surface area contributed by atoms with Gasteiger partial charge in [0, 0.05) is 18.8 Å². The molecular formula is C20H17ClFN5O. The van der Waals surface area contributed by atoms with Gasteiger partial charge in [0.1, 0.15) is 16.7 Å². The minimum Gasteiger partial charge on any atom is -0.373 e. The largest absolute Gasteiger partial charge is 0.373 e. The Hall–Kier alpha value is -3.19. The van der Waals surface area contributed by atoms with Gasteiger partial charge in [-0.05, 0) is 31.2 Å². The molecule has 8 heteroatoms. The van der Waals surface area contributed by atoms with Gasteiger partial charge in [-0.1, -0.05) is 29.8 Å². The number of anilines is 1. The van der Waals surface area contributed by atoms with Crippen molar-refractivity contribution in [2.75, 3.05) is 5.32 Å². The molecule has 28 heavy (non-hydrogen) atoms. The Morgan fingerprint density at radius 1 is 1.18 bits per heavy atom. The Labute approximate surface area is 165 Å². The molecule has 6 nitrogen and oxygen atoms in total. The second-order valence-electron chi connectivity index (χ2n) is 6.44. The summed E-state index contributed by atoms with van der Waals surface area (Å²) >= 11 is 6.17. The first kappa shape index (κ1) is 18.2. The topological polar surface area (TPSA) is 64.7 Å². The van der Waals surface area contributed by atoms with Crippen molar-refractivity contribution in [1.82, 2.24) is 19.3 Å². The molecule has 0 fully saturated rings. The highest BCUT2D eigenvalue weighted by Crippen LogP contribution is 2.28. The van der Waals surface area contributed by atoms with Crippen LogP contribution in [0.5, 0.6) is 0 Å². The van der Waals surface area contributed by atoms with Crippen LogP contribution in [0.3, 0.4) is 0 Å². The highest BCUT2D eigenvalue weighted by Gasteiger charge is 2.20. The van der Waals surface area contributed by atoms with E-state index in [-0.39, 0.29) is 16.9 Å². The lowest BCUT2D eigenvalue weighted by Crippen LogP contribution is -2.22. The van der Waals surface area contributed by atoms with E-state index in [1.165, 1.54) is 30.1 Å². The minimum atomic E-state index is -0.391. The predicted octanol–water partition coefficient (Wildman–Crippen LogP) is 4.08. The molecule has 0 radical (unpaired) electrons. The molecule has 2 heterocycles. The van der Waals surface area contributed by atoms with Gasteiger partial charge < -0.3 is 5.32 Å². The van der Waals surface area contributed by atoms with Gasteiger partial charge in [0.05, 0.1) is 29.0 Å². The third-order valence-electron chi connectivity index (χ3n) is 4.49. The number of benzene rings is 2. The molecule has 0 amide bonds. The van der Waals surface area contributed by atoms with E-state index < -0.39 is 5.56 Å². The van der Waals surface area contributed by atoms with Crippen LogP contribution in [-0.4, -0.2) is 19.3 Å². The third kappa shape index (κ3) is 3.14. The van der Waals surface area contributed by atoms with E-state index >= 15 is 0 Å². The Bertz CT molecular complexity index is 1220. The average molecular weight is 398 g/mol. The van der Waals surface area contributed by atoms with E-state index in [1.54, 1.807) is 6.07 Å². The molecule has 1 unspecified atom stereocenters. The zero-order chi connectivity index (χ0) is 19.8. The van der Waals surface area contributed by atoms with Gasteiger partial charge in [-0.15, -0.1) is 0 Å². The molecule has 142 valence electrons. The summed E-state index contributed by atoms with van der Waals surface area (Å²) in [7, 11) is 1.53. The molecule has 0 saturated carbocycles. The van der Waals surface area contributed by atoms with E-state index in [0.29, 0.717) is 22.5 Å². The summed E-state index contributed by atoms with van der Waals surface area (Å²) in [5.41, 5.74) is 2.20. The van der Waals surface area contributed by atoms with Gasteiger partial charge in [-0.3, -0.25) is 9.36 Å². The number of nitrogens with one attached hydrogen (secondary N) is 1. The van der Waals surface area contributed by atoms with Gasteiger partial charge in [0.2, 0.25) is 0 Å². The number of aromatic nitrogens is 4. The van der Waals surface area contributed by atoms with E-state index in [1.807, 2.05) is 41.8 Å². The van der Waals surface area contributed by atoms with Crippen molar-refractivity contribution in [2.24, 2.45) is 7.05 Å². The summed E-state index contributed by atoms with van der Waals surface area (Å²) < 4.78 is 17.0. The molecule has 4 rings (SSSR count). The lowest BCUT2D eigenvalue weighted by molar-refractivity contribution is 0.629. The fraction of sp³-hybridized carbons (Fsp3) is 0.150. The molecule has 1 atom stereocenters. The fourth-order valence-corrected chi connectivity index (χ4v) is 3.34. The van der Waals surface area contributed by atoms with Gasteiger partial charge >= 0.3 is 0 Å². The van der Waals surface area contributed by atoms with E-state index in [9.17, 15) is 9.18 Å². The van der Waals surface area contributed by atoms with Crippen molar-refractivity contribution < 1.29 is 4.39 Å². The van der Waals surface area contributed by atoms with E-state index in [0.717, 1.165) is 5.69 Å². The first-order valence-corrected chi connectivity index (χ1v) is 9.05. The summed E-state index contributed by atoms with van der Waals surface area (Å²) in [5, 5.41) is 7.25. The molecule has 0 saturated heterocycles. The summed E-state index contributed by atoms with van der Waals surface area (Å²) in [6.45, 7) is 1.89. The molecular weight excluding hydrogens is 381 g/mol. The second-order valence-corrected chi connectivity index (χ2v) is 6.82. The third-order valence-corrected chi connectivity index (χ3v) is 4.86. The normalized spacial score (nSPS) is 12.3. The zero-order valence-electron chi connectivity index (χ0n) is 15.2.